The maximum absolute atomic E-state index is 5.97. The van der Waals surface area contributed by atoms with E-state index in [-0.39, 0.29) is 5.54 Å². The van der Waals surface area contributed by atoms with Crippen molar-refractivity contribution < 1.29 is 0 Å². The minimum atomic E-state index is -0.156. The molecule has 1 aromatic heterocycles. The summed E-state index contributed by atoms with van der Waals surface area (Å²) in [5, 5.41) is 3.33. The van der Waals surface area contributed by atoms with Crippen molar-refractivity contribution >= 4 is 11.6 Å². The number of rotatable bonds is 7. The second-order valence-electron chi connectivity index (χ2n) is 5.50. The molecule has 1 aromatic rings. The van der Waals surface area contributed by atoms with E-state index in [0.717, 1.165) is 43.5 Å². The van der Waals surface area contributed by atoms with Crippen LogP contribution in [-0.4, -0.2) is 35.1 Å². The third-order valence-electron chi connectivity index (χ3n) is 2.99. The second-order valence-corrected chi connectivity index (χ2v) is 5.50. The van der Waals surface area contributed by atoms with Crippen LogP contribution in [0.2, 0.25) is 0 Å². The van der Waals surface area contributed by atoms with Gasteiger partial charge in [-0.1, -0.05) is 0 Å². The monoisotopic (exact) mass is 265 g/mol. The van der Waals surface area contributed by atoms with E-state index < -0.39 is 0 Å². The Balaban J connectivity index is 2.74. The Morgan fingerprint density at radius 3 is 2.42 bits per heavy atom. The van der Waals surface area contributed by atoms with Crippen molar-refractivity contribution in [3.05, 3.63) is 11.9 Å². The van der Waals surface area contributed by atoms with Gasteiger partial charge in [-0.15, -0.1) is 0 Å². The van der Waals surface area contributed by atoms with Crippen LogP contribution in [0.5, 0.6) is 0 Å². The number of nitrogens with one attached hydrogen (secondary N) is 1. The first-order chi connectivity index (χ1) is 8.85. The Morgan fingerprint density at radius 2 is 1.89 bits per heavy atom. The van der Waals surface area contributed by atoms with Crippen LogP contribution in [0.3, 0.4) is 0 Å². The summed E-state index contributed by atoms with van der Waals surface area (Å²) in [5.41, 5.74) is 5.81. The molecule has 1 rings (SSSR count). The van der Waals surface area contributed by atoms with Crippen LogP contribution in [0.1, 0.15) is 39.9 Å². The van der Waals surface area contributed by atoms with Crippen LogP contribution in [-0.2, 0) is 0 Å². The third kappa shape index (κ3) is 5.42. The van der Waals surface area contributed by atoms with Gasteiger partial charge in [-0.3, -0.25) is 0 Å². The highest BCUT2D eigenvalue weighted by atomic mass is 15.2. The molecule has 0 aliphatic heterocycles. The van der Waals surface area contributed by atoms with Gasteiger partial charge in [0.15, 0.2) is 0 Å². The lowest BCUT2D eigenvalue weighted by atomic mass is 10.0. The lowest BCUT2D eigenvalue weighted by molar-refractivity contribution is 0.490. The molecular formula is C14H27N5. The number of hydrogen-bond acceptors (Lipinski definition) is 5. The van der Waals surface area contributed by atoms with Crippen molar-refractivity contribution in [1.29, 1.82) is 0 Å². The van der Waals surface area contributed by atoms with Crippen LogP contribution in [0.15, 0.2) is 6.07 Å². The third-order valence-corrected chi connectivity index (χ3v) is 2.99. The first-order valence-electron chi connectivity index (χ1n) is 6.99. The van der Waals surface area contributed by atoms with E-state index in [2.05, 4.69) is 34.0 Å². The fourth-order valence-electron chi connectivity index (χ4n) is 1.86. The lowest BCUT2D eigenvalue weighted by Crippen LogP contribution is -2.34. The van der Waals surface area contributed by atoms with Gasteiger partial charge in [0.25, 0.3) is 0 Å². The van der Waals surface area contributed by atoms with E-state index in [1.165, 1.54) is 0 Å². The summed E-state index contributed by atoms with van der Waals surface area (Å²) < 4.78 is 0. The fourth-order valence-corrected chi connectivity index (χ4v) is 1.86. The van der Waals surface area contributed by atoms with E-state index in [4.69, 9.17) is 5.73 Å². The molecule has 0 aliphatic carbocycles. The van der Waals surface area contributed by atoms with Gasteiger partial charge in [0.05, 0.1) is 0 Å². The van der Waals surface area contributed by atoms with Gasteiger partial charge in [-0.2, -0.15) is 0 Å². The Labute approximate surface area is 116 Å². The Morgan fingerprint density at radius 1 is 1.26 bits per heavy atom. The normalized spacial score (nSPS) is 11.5. The van der Waals surface area contributed by atoms with E-state index in [1.54, 1.807) is 0 Å². The molecule has 0 saturated carbocycles. The summed E-state index contributed by atoms with van der Waals surface area (Å²) in [7, 11) is 0. The van der Waals surface area contributed by atoms with Crippen molar-refractivity contribution in [3.63, 3.8) is 0 Å². The average Bonchev–Trinajstić information content (AvgIpc) is 2.28. The summed E-state index contributed by atoms with van der Waals surface area (Å²) in [6.07, 6.45) is 0.899. The molecular weight excluding hydrogens is 238 g/mol. The number of aromatic nitrogens is 2. The van der Waals surface area contributed by atoms with Gasteiger partial charge < -0.3 is 16.0 Å². The van der Waals surface area contributed by atoms with E-state index in [1.807, 2.05) is 26.8 Å². The fraction of sp³-hybridized carbons (Fsp3) is 0.714. The summed E-state index contributed by atoms with van der Waals surface area (Å²) in [5.74, 6) is 2.64. The highest BCUT2D eigenvalue weighted by Crippen LogP contribution is 2.16. The molecule has 1 heterocycles. The van der Waals surface area contributed by atoms with E-state index in [0.29, 0.717) is 0 Å². The van der Waals surface area contributed by atoms with Gasteiger partial charge in [-0.25, -0.2) is 9.97 Å². The minimum absolute atomic E-state index is 0.156. The largest absolute Gasteiger partial charge is 0.370 e. The maximum atomic E-state index is 5.97. The molecule has 108 valence electrons. The molecule has 0 bridgehead atoms. The number of nitrogens with zero attached hydrogens (tertiary/aromatic N) is 3. The zero-order chi connectivity index (χ0) is 14.5. The molecule has 0 unspecified atom stereocenters. The molecule has 5 heteroatoms. The molecule has 0 atom stereocenters. The topological polar surface area (TPSA) is 67.1 Å². The molecule has 0 aliphatic rings. The predicted molar refractivity (Wildman–Crippen MR) is 81.7 cm³/mol. The smallest absolute Gasteiger partial charge is 0.134 e. The summed E-state index contributed by atoms with van der Waals surface area (Å²) >= 11 is 0. The summed E-state index contributed by atoms with van der Waals surface area (Å²) in [6, 6.07) is 2.00. The molecule has 0 spiro atoms. The average molecular weight is 265 g/mol. The Bertz CT molecular complexity index is 393. The molecule has 19 heavy (non-hydrogen) atoms. The van der Waals surface area contributed by atoms with Crippen molar-refractivity contribution in [3.8, 4) is 0 Å². The highest BCUT2D eigenvalue weighted by Gasteiger charge is 2.11. The zero-order valence-corrected chi connectivity index (χ0v) is 12.8. The van der Waals surface area contributed by atoms with Crippen LogP contribution in [0.25, 0.3) is 0 Å². The van der Waals surface area contributed by atoms with Crippen molar-refractivity contribution in [2.75, 3.05) is 29.9 Å². The van der Waals surface area contributed by atoms with Crippen LogP contribution in [0.4, 0.5) is 11.6 Å². The van der Waals surface area contributed by atoms with Crippen molar-refractivity contribution in [1.82, 2.24) is 9.97 Å². The molecule has 0 aromatic carbocycles. The highest BCUT2D eigenvalue weighted by molar-refractivity contribution is 5.49. The minimum Gasteiger partial charge on any atom is -0.370 e. The second kappa shape index (κ2) is 6.70. The Hall–Kier alpha value is -1.36. The van der Waals surface area contributed by atoms with Crippen molar-refractivity contribution in [2.45, 2.75) is 46.6 Å². The molecule has 0 saturated heterocycles. The number of nitrogens with two attached hydrogens (primary N) is 1. The van der Waals surface area contributed by atoms with E-state index in [9.17, 15) is 0 Å². The van der Waals surface area contributed by atoms with Gasteiger partial charge in [0.2, 0.25) is 0 Å². The molecule has 0 radical (unpaired) electrons. The number of hydrogen-bond donors (Lipinski definition) is 2. The molecule has 0 amide bonds. The maximum Gasteiger partial charge on any atom is 0.134 e. The SMILES string of the molecule is CCN(CC)c1cc(NCCC(C)(C)N)nc(C)n1. The van der Waals surface area contributed by atoms with Gasteiger partial charge in [-0.05, 0) is 41.0 Å². The van der Waals surface area contributed by atoms with Gasteiger partial charge in [0.1, 0.15) is 17.5 Å². The van der Waals surface area contributed by atoms with Crippen molar-refractivity contribution in [2.24, 2.45) is 5.73 Å². The van der Waals surface area contributed by atoms with Crippen LogP contribution in [0, 0.1) is 6.92 Å². The summed E-state index contributed by atoms with van der Waals surface area (Å²) in [4.78, 5) is 11.1. The van der Waals surface area contributed by atoms with Gasteiger partial charge in [0, 0.05) is 31.2 Å². The van der Waals surface area contributed by atoms with E-state index >= 15 is 0 Å². The first-order valence-corrected chi connectivity index (χ1v) is 6.99. The predicted octanol–water partition coefficient (Wildman–Crippen LogP) is 2.17. The summed E-state index contributed by atoms with van der Waals surface area (Å²) in [6.45, 7) is 12.9. The van der Waals surface area contributed by atoms with Crippen LogP contribution >= 0.6 is 0 Å². The van der Waals surface area contributed by atoms with Gasteiger partial charge >= 0.3 is 0 Å². The Kier molecular flexibility index (Phi) is 5.54. The zero-order valence-electron chi connectivity index (χ0n) is 12.8. The van der Waals surface area contributed by atoms with Crippen LogP contribution < -0.4 is 16.0 Å². The molecule has 5 nitrogen and oxygen atoms in total. The lowest BCUT2D eigenvalue weighted by Gasteiger charge is -2.21. The molecule has 3 N–H and O–H groups in total. The first kappa shape index (κ1) is 15.7. The standard InChI is InChI=1S/C14H27N5/c1-6-19(7-2)13-10-12(17-11(3)18-13)16-9-8-14(4,5)15/h10H,6-9,15H2,1-5H3,(H,16,17,18). The number of aryl methyl sites for hydroxylation is 1. The quantitative estimate of drug-likeness (QED) is 0.791. The number of anilines is 2. The molecule has 0 fully saturated rings.